The molecule has 0 aromatic rings. The molecule has 0 aliphatic rings. The van der Waals surface area contributed by atoms with Gasteiger partial charge in [0.05, 0.1) is 12.6 Å². The van der Waals surface area contributed by atoms with E-state index in [9.17, 15) is 4.79 Å². The average Bonchev–Trinajstić information content (AvgIpc) is 1.84. The Morgan fingerprint density at radius 2 is 2.09 bits per heavy atom. The largest absolute Gasteiger partial charge is 0.394 e. The molecule has 3 nitrogen and oxygen atoms in total. The number of carbonyl (C=O) groups excluding carboxylic acids is 1. The molecule has 0 aromatic heterocycles. The number of amides is 1. The second-order valence-electron chi connectivity index (χ2n) is 3.21. The van der Waals surface area contributed by atoms with E-state index in [4.69, 9.17) is 5.11 Å². The van der Waals surface area contributed by atoms with Gasteiger partial charge in [0.15, 0.2) is 0 Å². The van der Waals surface area contributed by atoms with Crippen LogP contribution >= 0.6 is 0 Å². The number of nitrogens with one attached hydrogen (secondary N) is 1. The van der Waals surface area contributed by atoms with Crippen LogP contribution in [0.5, 0.6) is 0 Å². The van der Waals surface area contributed by atoms with Gasteiger partial charge in [0.1, 0.15) is 0 Å². The molecule has 3 heteroatoms. The highest BCUT2D eigenvalue weighted by atomic mass is 16.3. The summed E-state index contributed by atoms with van der Waals surface area (Å²) in [5, 5.41) is 11.5. The minimum atomic E-state index is -0.0790. The molecule has 0 saturated heterocycles. The molecule has 1 amide bonds. The molecule has 0 saturated carbocycles. The highest BCUT2D eigenvalue weighted by molar-refractivity contribution is 5.73. The molecule has 0 aliphatic carbocycles. The fraction of sp³-hybridized carbons (Fsp3) is 0.875. The first-order valence-corrected chi connectivity index (χ1v) is 3.94. The van der Waals surface area contributed by atoms with Gasteiger partial charge < -0.3 is 10.4 Å². The Hall–Kier alpha value is -0.570. The van der Waals surface area contributed by atoms with Gasteiger partial charge in [0.2, 0.25) is 5.91 Å². The van der Waals surface area contributed by atoms with Gasteiger partial charge in [-0.25, -0.2) is 0 Å². The fourth-order valence-electron chi connectivity index (χ4n) is 1.04. The first-order chi connectivity index (χ1) is 5.06. The molecule has 2 N–H and O–H groups in total. The zero-order valence-corrected chi connectivity index (χ0v) is 7.42. The Kier molecular flexibility index (Phi) is 4.86. The summed E-state index contributed by atoms with van der Waals surface area (Å²) in [5.74, 6) is 0.420. The summed E-state index contributed by atoms with van der Waals surface area (Å²) in [6.07, 6.45) is 0.829. The molecule has 0 fully saturated rings. The summed E-state index contributed by atoms with van der Waals surface area (Å²) in [4.78, 5) is 10.6. The third-order valence-corrected chi connectivity index (χ3v) is 1.38. The number of hydrogen-bond donors (Lipinski definition) is 2. The van der Waals surface area contributed by atoms with Crippen LogP contribution in [0.1, 0.15) is 27.2 Å². The molecule has 0 rings (SSSR count). The van der Waals surface area contributed by atoms with E-state index >= 15 is 0 Å². The highest BCUT2D eigenvalue weighted by Crippen LogP contribution is 2.03. The second kappa shape index (κ2) is 5.13. The van der Waals surface area contributed by atoms with E-state index in [0.29, 0.717) is 5.92 Å². The second-order valence-corrected chi connectivity index (χ2v) is 3.21. The van der Waals surface area contributed by atoms with E-state index in [1.807, 2.05) is 0 Å². The Balaban J connectivity index is 3.66. The molecule has 0 spiro atoms. The van der Waals surface area contributed by atoms with Gasteiger partial charge in [-0.2, -0.15) is 0 Å². The Morgan fingerprint density at radius 3 is 2.36 bits per heavy atom. The molecule has 0 aromatic carbocycles. The zero-order valence-electron chi connectivity index (χ0n) is 7.42. The summed E-state index contributed by atoms with van der Waals surface area (Å²) in [7, 11) is 0. The first-order valence-electron chi connectivity index (χ1n) is 3.94. The predicted molar refractivity (Wildman–Crippen MR) is 44.1 cm³/mol. The molecular formula is C8H17NO2. The van der Waals surface area contributed by atoms with Crippen molar-refractivity contribution < 1.29 is 9.90 Å². The van der Waals surface area contributed by atoms with Crippen molar-refractivity contribution in [2.24, 2.45) is 5.92 Å². The Morgan fingerprint density at radius 1 is 1.55 bits per heavy atom. The normalized spacial score (nSPS) is 13.2. The number of carbonyl (C=O) groups is 1. The van der Waals surface area contributed by atoms with Crippen LogP contribution < -0.4 is 5.32 Å². The van der Waals surface area contributed by atoms with Gasteiger partial charge in [0.25, 0.3) is 0 Å². The zero-order chi connectivity index (χ0) is 8.85. The quantitative estimate of drug-likeness (QED) is 0.628. The van der Waals surface area contributed by atoms with Crippen molar-refractivity contribution in [1.29, 1.82) is 0 Å². The van der Waals surface area contributed by atoms with E-state index in [0.717, 1.165) is 6.42 Å². The minimum absolute atomic E-state index is 0.0256. The standard InChI is InChI=1S/C8H17NO2/c1-6(2)4-8(5-10)9-7(3)11/h6,8,10H,4-5H2,1-3H3,(H,9,11)/t8-/m0/s1. The van der Waals surface area contributed by atoms with Crippen molar-refractivity contribution >= 4 is 5.91 Å². The van der Waals surface area contributed by atoms with Crippen LogP contribution in [0, 0.1) is 5.92 Å². The van der Waals surface area contributed by atoms with Crippen LogP contribution in [-0.4, -0.2) is 23.7 Å². The minimum Gasteiger partial charge on any atom is -0.394 e. The maximum Gasteiger partial charge on any atom is 0.217 e. The summed E-state index contributed by atoms with van der Waals surface area (Å²) >= 11 is 0. The molecule has 11 heavy (non-hydrogen) atoms. The molecule has 0 unspecified atom stereocenters. The predicted octanol–water partition coefficient (Wildman–Crippen LogP) is 0.529. The lowest BCUT2D eigenvalue weighted by Crippen LogP contribution is -2.36. The van der Waals surface area contributed by atoms with Crippen molar-refractivity contribution in [2.75, 3.05) is 6.61 Å². The van der Waals surface area contributed by atoms with Crippen molar-refractivity contribution in [3.63, 3.8) is 0 Å². The van der Waals surface area contributed by atoms with Crippen LogP contribution in [0.3, 0.4) is 0 Å². The summed E-state index contributed by atoms with van der Waals surface area (Å²) in [6, 6.07) is -0.0764. The monoisotopic (exact) mass is 159 g/mol. The number of aliphatic hydroxyl groups excluding tert-OH is 1. The van der Waals surface area contributed by atoms with Gasteiger partial charge in [-0.3, -0.25) is 4.79 Å². The molecular weight excluding hydrogens is 142 g/mol. The molecule has 0 heterocycles. The van der Waals surface area contributed by atoms with E-state index in [-0.39, 0.29) is 18.6 Å². The van der Waals surface area contributed by atoms with Crippen LogP contribution in [0.25, 0.3) is 0 Å². The van der Waals surface area contributed by atoms with Crippen LogP contribution in [0.4, 0.5) is 0 Å². The van der Waals surface area contributed by atoms with E-state index < -0.39 is 0 Å². The maximum absolute atomic E-state index is 10.6. The van der Waals surface area contributed by atoms with Crippen molar-refractivity contribution in [1.82, 2.24) is 5.32 Å². The Labute approximate surface area is 67.8 Å². The summed E-state index contributed by atoms with van der Waals surface area (Å²) < 4.78 is 0. The van der Waals surface area contributed by atoms with Crippen LogP contribution in [0.2, 0.25) is 0 Å². The maximum atomic E-state index is 10.6. The van der Waals surface area contributed by atoms with Gasteiger partial charge in [-0.1, -0.05) is 13.8 Å². The average molecular weight is 159 g/mol. The number of rotatable bonds is 4. The van der Waals surface area contributed by atoms with E-state index in [2.05, 4.69) is 19.2 Å². The molecule has 0 bridgehead atoms. The molecule has 66 valence electrons. The fourth-order valence-corrected chi connectivity index (χ4v) is 1.04. The SMILES string of the molecule is CC(=O)N[C@H](CO)CC(C)C. The number of hydrogen-bond acceptors (Lipinski definition) is 2. The molecule has 1 atom stereocenters. The van der Waals surface area contributed by atoms with E-state index in [1.165, 1.54) is 6.92 Å². The number of aliphatic hydroxyl groups is 1. The van der Waals surface area contributed by atoms with E-state index in [1.54, 1.807) is 0 Å². The molecule has 0 aliphatic heterocycles. The van der Waals surface area contributed by atoms with Gasteiger partial charge >= 0.3 is 0 Å². The summed E-state index contributed by atoms with van der Waals surface area (Å²) in [6.45, 7) is 5.61. The lowest BCUT2D eigenvalue weighted by atomic mass is 10.0. The van der Waals surface area contributed by atoms with Crippen molar-refractivity contribution in [3.8, 4) is 0 Å². The van der Waals surface area contributed by atoms with Crippen molar-refractivity contribution in [3.05, 3.63) is 0 Å². The lowest BCUT2D eigenvalue weighted by Gasteiger charge is -2.16. The van der Waals surface area contributed by atoms with Crippen molar-refractivity contribution in [2.45, 2.75) is 33.2 Å². The van der Waals surface area contributed by atoms with Crippen LogP contribution in [-0.2, 0) is 4.79 Å². The highest BCUT2D eigenvalue weighted by Gasteiger charge is 2.09. The van der Waals surface area contributed by atoms with Gasteiger partial charge in [-0.05, 0) is 12.3 Å². The van der Waals surface area contributed by atoms with Gasteiger partial charge in [0, 0.05) is 6.92 Å². The molecule has 0 radical (unpaired) electrons. The first kappa shape index (κ1) is 10.4. The topological polar surface area (TPSA) is 49.3 Å². The third kappa shape index (κ3) is 5.85. The third-order valence-electron chi connectivity index (χ3n) is 1.38. The smallest absolute Gasteiger partial charge is 0.217 e. The van der Waals surface area contributed by atoms with Gasteiger partial charge in [-0.15, -0.1) is 0 Å². The summed E-state index contributed by atoms with van der Waals surface area (Å²) in [5.41, 5.74) is 0. The van der Waals surface area contributed by atoms with Crippen LogP contribution in [0.15, 0.2) is 0 Å². The lowest BCUT2D eigenvalue weighted by molar-refractivity contribution is -0.120. The Bertz CT molecular complexity index is 123.